The molecule has 0 fully saturated rings. The number of rotatable bonds is 2. The molecule has 188 valence electrons. The topological polar surface area (TPSA) is 87.1 Å². The Hall–Kier alpha value is 0.550. The first-order chi connectivity index (χ1) is 17.4. The van der Waals surface area contributed by atoms with E-state index in [2.05, 4.69) is 20.6 Å². The van der Waals surface area contributed by atoms with E-state index in [-0.39, 0.29) is 150 Å². The Morgan fingerprint density at radius 1 is 0.462 bits per heavy atom. The fourth-order valence-electron chi connectivity index (χ4n) is 3.57. The van der Waals surface area contributed by atoms with Gasteiger partial charge in [-0.1, -0.05) is 123 Å². The number of amidine groups is 2. The van der Waals surface area contributed by atoms with Gasteiger partial charge in [0.05, 0.1) is 40.2 Å². The number of hydrogen-bond acceptors (Lipinski definition) is 4. The summed E-state index contributed by atoms with van der Waals surface area (Å²) in [7, 11) is 0. The molecule has 0 saturated heterocycles. The quantitative estimate of drug-likeness (QED) is 0.217. The zero-order valence-corrected chi connectivity index (χ0v) is 30.0. The van der Waals surface area contributed by atoms with Gasteiger partial charge < -0.3 is 20.6 Å². The smallest absolute Gasteiger partial charge is 0.434 e. The van der Waals surface area contributed by atoms with Gasteiger partial charge in [0, 0.05) is 27.3 Å². The van der Waals surface area contributed by atoms with Crippen LogP contribution in [0, 0.1) is 0 Å². The molecule has 0 spiro atoms. The van der Waals surface area contributed by atoms with Crippen LogP contribution in [0.2, 0.25) is 45.2 Å². The molecule has 2 amide bonds. The van der Waals surface area contributed by atoms with Crippen LogP contribution in [-0.2, 0) is 0 Å². The molecule has 17 heteroatoms. The maximum atomic E-state index is 12.5. The molecule has 3 aromatic carbocycles. The van der Waals surface area contributed by atoms with Gasteiger partial charge in [0.1, 0.15) is 0 Å². The van der Waals surface area contributed by atoms with Crippen molar-refractivity contribution >= 4 is 139 Å². The third-order valence-corrected chi connectivity index (χ3v) is 9.23. The van der Waals surface area contributed by atoms with Gasteiger partial charge in [0.15, 0.2) is 11.8 Å². The van der Waals surface area contributed by atoms with E-state index in [1.807, 2.05) is 0 Å². The van der Waals surface area contributed by atoms with Gasteiger partial charge in [-0.25, -0.2) is 0 Å². The van der Waals surface area contributed by atoms with Crippen LogP contribution in [0.25, 0.3) is 10.6 Å². The number of fused-ring (bicyclic) bond motifs is 2. The van der Waals surface area contributed by atoms with Crippen molar-refractivity contribution in [2.75, 3.05) is 0 Å². The predicted molar refractivity (Wildman–Crippen MR) is 152 cm³/mol. The summed E-state index contributed by atoms with van der Waals surface area (Å²) in [5.41, 5.74) is 0.464. The molecule has 0 aromatic heterocycles. The molecule has 0 bridgehead atoms. The van der Waals surface area contributed by atoms with E-state index in [9.17, 15) is 9.59 Å². The largest absolute Gasteiger partial charge is 1.00 e. The molecule has 0 N–H and O–H groups in total. The van der Waals surface area contributed by atoms with Crippen LogP contribution in [0.4, 0.5) is 11.4 Å². The van der Waals surface area contributed by atoms with Crippen molar-refractivity contribution in [1.29, 1.82) is 0 Å². The van der Waals surface area contributed by atoms with E-state index in [1.54, 1.807) is 6.07 Å². The fourth-order valence-corrected chi connectivity index (χ4v) is 5.82. The Kier molecular flexibility index (Phi) is 11.4. The summed E-state index contributed by atoms with van der Waals surface area (Å²) in [6, 6.07) is 4.65. The van der Waals surface area contributed by atoms with Gasteiger partial charge in [-0.05, 0) is 23.0 Å². The normalized spacial score (nSPS) is 15.5. The fraction of sp³-hybridized carbons (Fsp3) is 0. The number of carbonyl (C=O) groups is 2. The molecule has 2 aliphatic rings. The average molecular weight is 720 g/mol. The number of amides is 2. The summed E-state index contributed by atoms with van der Waals surface area (Å²) in [5.74, 6) is -1.57. The number of aliphatic imine (C=N–C) groups is 2. The molecule has 6 nitrogen and oxygen atoms in total. The van der Waals surface area contributed by atoms with Crippen molar-refractivity contribution < 1.29 is 68.7 Å². The number of halogens is 9. The number of carbonyl (C=O) groups excluding carboxylic acids is 2. The minimum atomic E-state index is -0.700. The molecule has 2 aliphatic heterocycles. The van der Waals surface area contributed by atoms with Crippen molar-refractivity contribution in [2.24, 2.45) is 9.98 Å². The van der Waals surface area contributed by atoms with Crippen molar-refractivity contribution in [3.05, 3.63) is 96.3 Å². The third-order valence-electron chi connectivity index (χ3n) is 5.23. The second kappa shape index (κ2) is 13.0. The molecule has 3 aromatic rings. The summed E-state index contributed by atoms with van der Waals surface area (Å²) in [6.45, 7) is 0. The second-order valence-corrected chi connectivity index (χ2v) is 10.7. The SMILES string of the molecule is O=C1[N-]C(=Nc2cccc(N=C3[N-]C(=O)c4c(Cl)c(Cl)c(Cl)c(Cl)c43)c2Cl)c2c(Cl)c(Cl)c(Cl)c(Cl)c21.[Na+].[Na+]. The van der Waals surface area contributed by atoms with E-state index >= 15 is 0 Å². The number of hydrogen-bond donors (Lipinski definition) is 0. The summed E-state index contributed by atoms with van der Waals surface area (Å²) in [6.07, 6.45) is 0. The van der Waals surface area contributed by atoms with Crippen LogP contribution >= 0.6 is 104 Å². The predicted octanol–water partition coefficient (Wildman–Crippen LogP) is 4.79. The first-order valence-corrected chi connectivity index (χ1v) is 13.0. The maximum absolute atomic E-state index is 12.5. The van der Waals surface area contributed by atoms with E-state index in [0.717, 1.165) is 0 Å². The van der Waals surface area contributed by atoms with Crippen LogP contribution in [0.15, 0.2) is 28.2 Å². The van der Waals surface area contributed by atoms with Crippen LogP contribution < -0.4 is 59.1 Å². The van der Waals surface area contributed by atoms with Crippen LogP contribution in [0.1, 0.15) is 31.8 Å². The van der Waals surface area contributed by atoms with Crippen molar-refractivity contribution in [3.8, 4) is 0 Å². The Bertz CT molecular complexity index is 1560. The third kappa shape index (κ3) is 5.76. The molecule has 0 saturated carbocycles. The minimum absolute atomic E-state index is 0. The maximum Gasteiger partial charge on any atom is 1.00 e. The van der Waals surface area contributed by atoms with Gasteiger partial charge in [0.2, 0.25) is 0 Å². The Labute approximate surface area is 310 Å². The molecule has 39 heavy (non-hydrogen) atoms. The van der Waals surface area contributed by atoms with Gasteiger partial charge >= 0.3 is 59.1 Å². The van der Waals surface area contributed by atoms with Gasteiger partial charge in [0.25, 0.3) is 0 Å². The molecule has 0 radical (unpaired) electrons. The van der Waals surface area contributed by atoms with Crippen LogP contribution in [-0.4, -0.2) is 23.5 Å². The Morgan fingerprint density at radius 3 is 1.10 bits per heavy atom. The van der Waals surface area contributed by atoms with Crippen molar-refractivity contribution in [3.63, 3.8) is 0 Å². The van der Waals surface area contributed by atoms with E-state index in [0.29, 0.717) is 0 Å². The van der Waals surface area contributed by atoms with Crippen molar-refractivity contribution in [2.45, 2.75) is 0 Å². The molecule has 2 heterocycles. The van der Waals surface area contributed by atoms with E-state index in [4.69, 9.17) is 104 Å². The zero-order chi connectivity index (χ0) is 26.9. The summed E-state index contributed by atoms with van der Waals surface area (Å²) >= 11 is 56.1. The minimum Gasteiger partial charge on any atom is -0.434 e. The standard InChI is InChI=1S/C22H5Cl9N4O2.2Na/c23-10-4(32-19-6-8(21(36)34-19)13(26)17(30)15(28)11(6)24)2-1-3-5(10)33-20-7-9(22(37)35-20)14(27)18(31)16(29)12(7)25;;/h1-3H,(H2,32,33,34,35,36,37);;/q;2*+1/p-2. The van der Waals surface area contributed by atoms with Gasteiger partial charge in [-0.2, -0.15) is 0 Å². The monoisotopic (exact) mass is 716 g/mol. The average Bonchev–Trinajstić information content (AvgIpc) is 3.36. The van der Waals surface area contributed by atoms with Gasteiger partial charge in [-0.15, -0.1) is 0 Å². The second-order valence-electron chi connectivity index (χ2n) is 7.33. The van der Waals surface area contributed by atoms with E-state index < -0.39 is 11.8 Å². The molecule has 5 rings (SSSR count). The number of benzene rings is 3. The molecular weight excluding hydrogens is 717 g/mol. The van der Waals surface area contributed by atoms with E-state index in [1.165, 1.54) is 12.1 Å². The van der Waals surface area contributed by atoms with Crippen LogP contribution in [0.5, 0.6) is 0 Å². The molecule has 0 atom stereocenters. The molecular formula is C22H3Cl9N4Na2O2. The van der Waals surface area contributed by atoms with Crippen molar-refractivity contribution in [1.82, 2.24) is 0 Å². The first-order valence-electron chi connectivity index (χ1n) is 9.64. The summed E-state index contributed by atoms with van der Waals surface area (Å²) in [5, 5.41) is 7.29. The van der Waals surface area contributed by atoms with Gasteiger partial charge in [-0.3, -0.25) is 9.59 Å². The van der Waals surface area contributed by atoms with Crippen LogP contribution in [0.3, 0.4) is 0 Å². The first kappa shape index (κ1) is 34.0. The summed E-state index contributed by atoms with van der Waals surface area (Å²) < 4.78 is 0. The Balaban J connectivity index is 0.00000210. The molecule has 0 aliphatic carbocycles. The zero-order valence-electron chi connectivity index (χ0n) is 19.2. The summed E-state index contributed by atoms with van der Waals surface area (Å²) in [4.78, 5) is 33.8. The Morgan fingerprint density at radius 2 is 0.769 bits per heavy atom. The number of nitrogens with zero attached hydrogens (tertiary/aromatic N) is 4. The molecule has 0 unspecified atom stereocenters.